The molecule has 4 atom stereocenters. The van der Waals surface area contributed by atoms with Crippen LogP contribution >= 0.6 is 0 Å². The minimum atomic E-state index is -0.858. The molecule has 4 aliphatic rings. The van der Waals surface area contributed by atoms with Crippen molar-refractivity contribution in [3.05, 3.63) is 35.4 Å². The fourth-order valence-corrected chi connectivity index (χ4v) is 6.19. The maximum atomic E-state index is 12.2. The van der Waals surface area contributed by atoms with E-state index in [1.807, 2.05) is 6.07 Å². The van der Waals surface area contributed by atoms with Crippen molar-refractivity contribution >= 4 is 0 Å². The fraction of sp³-hybridized carbons (Fsp3) is 0.636. The molecule has 1 aliphatic heterocycles. The summed E-state index contributed by atoms with van der Waals surface area (Å²) in [6, 6.07) is 3.86. The van der Waals surface area contributed by atoms with Gasteiger partial charge in [0.2, 0.25) is 0 Å². The highest BCUT2D eigenvalue weighted by molar-refractivity contribution is 5.63. The van der Waals surface area contributed by atoms with Gasteiger partial charge in [-0.1, -0.05) is 19.6 Å². The second-order valence-corrected chi connectivity index (χ2v) is 8.96. The van der Waals surface area contributed by atoms with Crippen LogP contribution in [0.1, 0.15) is 50.2 Å². The van der Waals surface area contributed by atoms with Gasteiger partial charge in [0.15, 0.2) is 11.5 Å². The number of phenols is 1. The van der Waals surface area contributed by atoms with Crippen LogP contribution in [0.2, 0.25) is 0 Å². The summed E-state index contributed by atoms with van der Waals surface area (Å²) in [6.07, 6.45) is 5.47. The third-order valence-corrected chi connectivity index (χ3v) is 7.62. The Balaban J connectivity index is 1.71. The van der Waals surface area contributed by atoms with E-state index in [1.54, 1.807) is 6.07 Å². The van der Waals surface area contributed by atoms with Gasteiger partial charge in [-0.15, -0.1) is 0 Å². The Labute approximate surface area is 155 Å². The van der Waals surface area contributed by atoms with Gasteiger partial charge >= 0.3 is 0 Å². The van der Waals surface area contributed by atoms with Crippen LogP contribution in [0.25, 0.3) is 0 Å². The first-order chi connectivity index (χ1) is 12.4. The normalized spacial score (nSPS) is 37.6. The van der Waals surface area contributed by atoms with Gasteiger partial charge in [-0.05, 0) is 68.7 Å². The summed E-state index contributed by atoms with van der Waals surface area (Å²) in [5, 5.41) is 22.7. The summed E-state index contributed by atoms with van der Waals surface area (Å²) in [5.74, 6) is 1.55. The molecule has 1 heterocycles. The summed E-state index contributed by atoms with van der Waals surface area (Å²) in [5.41, 5.74) is 1.94. The number of benzene rings is 1. The van der Waals surface area contributed by atoms with Crippen LogP contribution in [-0.4, -0.2) is 46.5 Å². The first-order valence-corrected chi connectivity index (χ1v) is 10.0. The van der Waals surface area contributed by atoms with Gasteiger partial charge < -0.3 is 14.9 Å². The van der Waals surface area contributed by atoms with E-state index in [0.29, 0.717) is 12.2 Å². The van der Waals surface area contributed by atoms with Gasteiger partial charge in [0.05, 0.1) is 11.0 Å². The van der Waals surface area contributed by atoms with Crippen LogP contribution in [0, 0.1) is 5.92 Å². The predicted molar refractivity (Wildman–Crippen MR) is 101 cm³/mol. The quantitative estimate of drug-likeness (QED) is 0.815. The second-order valence-electron chi connectivity index (χ2n) is 8.96. The molecule has 3 aliphatic carbocycles. The van der Waals surface area contributed by atoms with Gasteiger partial charge in [-0.25, -0.2) is 0 Å². The molecule has 4 nitrogen and oxygen atoms in total. The van der Waals surface area contributed by atoms with E-state index in [9.17, 15) is 10.2 Å². The molecule has 5 rings (SSSR count). The number of rotatable bonds is 4. The molecular weight excluding hydrogens is 326 g/mol. The molecular formula is C22H29NO3. The summed E-state index contributed by atoms with van der Waals surface area (Å²) in [7, 11) is 2.17. The molecule has 2 fully saturated rings. The van der Waals surface area contributed by atoms with Crippen molar-refractivity contribution in [1.29, 1.82) is 0 Å². The van der Waals surface area contributed by atoms with E-state index in [2.05, 4.69) is 25.5 Å². The number of aliphatic hydroxyl groups is 1. The molecule has 1 aromatic carbocycles. The lowest BCUT2D eigenvalue weighted by molar-refractivity contribution is -0.143. The number of nitrogens with zero attached hydrogens (tertiary/aromatic N) is 1. The number of ether oxygens (including phenoxy) is 1. The van der Waals surface area contributed by atoms with Crippen LogP contribution in [0.3, 0.4) is 0 Å². The zero-order chi connectivity index (χ0) is 18.3. The smallest absolute Gasteiger partial charge is 0.166 e. The van der Waals surface area contributed by atoms with Crippen LogP contribution in [-0.2, 0) is 11.8 Å². The highest BCUT2D eigenvalue weighted by atomic mass is 16.5. The van der Waals surface area contributed by atoms with Crippen LogP contribution in [0.5, 0.6) is 11.5 Å². The maximum Gasteiger partial charge on any atom is 0.166 e. The van der Waals surface area contributed by atoms with Gasteiger partial charge in [0.1, 0.15) is 6.10 Å². The van der Waals surface area contributed by atoms with Crippen molar-refractivity contribution in [1.82, 2.24) is 4.90 Å². The summed E-state index contributed by atoms with van der Waals surface area (Å²) in [6.45, 7) is 7.48. The highest BCUT2D eigenvalue weighted by Gasteiger charge is 2.69. The van der Waals surface area contributed by atoms with E-state index in [0.717, 1.165) is 42.9 Å². The molecule has 140 valence electrons. The van der Waals surface area contributed by atoms with E-state index in [4.69, 9.17) is 4.74 Å². The molecule has 2 saturated carbocycles. The minimum absolute atomic E-state index is 0.0743. The van der Waals surface area contributed by atoms with Crippen molar-refractivity contribution in [3.8, 4) is 11.5 Å². The van der Waals surface area contributed by atoms with Crippen molar-refractivity contribution in [2.75, 3.05) is 13.6 Å². The largest absolute Gasteiger partial charge is 0.504 e. The minimum Gasteiger partial charge on any atom is -0.504 e. The average Bonchev–Trinajstić information content (AvgIpc) is 3.34. The van der Waals surface area contributed by atoms with Crippen molar-refractivity contribution in [3.63, 3.8) is 0 Å². The Morgan fingerprint density at radius 2 is 2.12 bits per heavy atom. The SMILES string of the molecule is C=C1CC[C@@]2(O)[C@H](N(C)CC3CC3)Cc3ccc(O)c4c3[C@@]2(CC)[C@H]1O4. The first kappa shape index (κ1) is 16.6. The van der Waals surface area contributed by atoms with Crippen molar-refractivity contribution in [2.24, 2.45) is 5.92 Å². The number of likely N-dealkylation sites (N-methyl/N-ethyl adjacent to an activating group) is 1. The topological polar surface area (TPSA) is 52.9 Å². The summed E-state index contributed by atoms with van der Waals surface area (Å²) in [4.78, 5) is 2.40. The summed E-state index contributed by atoms with van der Waals surface area (Å²) >= 11 is 0. The van der Waals surface area contributed by atoms with Crippen LogP contribution in [0.4, 0.5) is 0 Å². The van der Waals surface area contributed by atoms with Gasteiger partial charge in [-0.2, -0.15) is 0 Å². The number of phenolic OH excluding ortho intramolecular Hbond substituents is 1. The number of aromatic hydroxyl groups is 1. The Hall–Kier alpha value is -1.52. The zero-order valence-corrected chi connectivity index (χ0v) is 15.8. The monoisotopic (exact) mass is 355 g/mol. The van der Waals surface area contributed by atoms with Gasteiger partial charge in [0.25, 0.3) is 0 Å². The molecule has 0 radical (unpaired) electrons. The number of hydrogen-bond donors (Lipinski definition) is 2. The lowest BCUT2D eigenvalue weighted by Gasteiger charge is -2.59. The molecule has 0 saturated heterocycles. The van der Waals surface area contributed by atoms with Gasteiger partial charge in [0, 0.05) is 18.2 Å². The third kappa shape index (κ3) is 1.87. The van der Waals surface area contributed by atoms with Crippen molar-refractivity contribution < 1.29 is 14.9 Å². The molecule has 0 aromatic heterocycles. The first-order valence-electron chi connectivity index (χ1n) is 10.0. The molecule has 26 heavy (non-hydrogen) atoms. The molecule has 0 spiro atoms. The maximum absolute atomic E-state index is 12.2. The Bertz CT molecular complexity index is 786. The Morgan fingerprint density at radius 1 is 1.35 bits per heavy atom. The Morgan fingerprint density at radius 3 is 2.81 bits per heavy atom. The molecule has 0 unspecified atom stereocenters. The zero-order valence-electron chi connectivity index (χ0n) is 15.8. The summed E-state index contributed by atoms with van der Waals surface area (Å²) < 4.78 is 6.30. The van der Waals surface area contributed by atoms with Crippen LogP contribution in [0.15, 0.2) is 24.3 Å². The molecule has 0 amide bonds. The lowest BCUT2D eigenvalue weighted by atomic mass is 9.50. The molecule has 4 heteroatoms. The molecule has 0 bridgehead atoms. The second kappa shape index (κ2) is 5.26. The highest BCUT2D eigenvalue weighted by Crippen LogP contribution is 2.64. The fourth-order valence-electron chi connectivity index (χ4n) is 6.19. The molecule has 2 N–H and O–H groups in total. The van der Waals surface area contributed by atoms with Crippen LogP contribution < -0.4 is 4.74 Å². The predicted octanol–water partition coefficient (Wildman–Crippen LogP) is 3.15. The number of hydrogen-bond acceptors (Lipinski definition) is 4. The van der Waals surface area contributed by atoms with E-state index in [-0.39, 0.29) is 17.9 Å². The van der Waals surface area contributed by atoms with E-state index >= 15 is 0 Å². The van der Waals surface area contributed by atoms with E-state index in [1.165, 1.54) is 18.4 Å². The third-order valence-electron chi connectivity index (χ3n) is 7.62. The van der Waals surface area contributed by atoms with E-state index < -0.39 is 11.0 Å². The molecule has 1 aromatic rings. The van der Waals surface area contributed by atoms with Crippen molar-refractivity contribution in [2.45, 2.75) is 68.6 Å². The standard InChI is InChI=1S/C22H29NO3/c1-4-21-18-15-7-8-16(24)19(18)26-20(21)13(2)9-10-22(21,25)17(11-15)23(3)12-14-5-6-14/h7-8,14,17,20,24-25H,2,4-6,9-12H2,1,3H3/t17-,20+,21+,22-/m1/s1. The Kier molecular flexibility index (Phi) is 3.37. The average molecular weight is 355 g/mol. The lowest BCUT2D eigenvalue weighted by Crippen LogP contribution is -2.71. The van der Waals surface area contributed by atoms with Gasteiger partial charge in [-0.3, -0.25) is 4.90 Å².